The number of hydrogen-bond acceptors (Lipinski definition) is 3. The highest BCUT2D eigenvalue weighted by molar-refractivity contribution is 5.44. The Kier molecular flexibility index (Phi) is 6.34. The number of ether oxygens (including phenoxy) is 3. The van der Waals surface area contributed by atoms with Gasteiger partial charge < -0.3 is 14.2 Å². The highest BCUT2D eigenvalue weighted by atomic mass is 16.5. The van der Waals surface area contributed by atoms with Gasteiger partial charge in [-0.15, -0.1) is 0 Å². The molecule has 0 aromatic heterocycles. The molecule has 31 heavy (non-hydrogen) atoms. The van der Waals surface area contributed by atoms with Gasteiger partial charge in [0.2, 0.25) is 0 Å². The lowest BCUT2D eigenvalue weighted by molar-refractivity contribution is 0.00382. The molecule has 0 radical (unpaired) electrons. The van der Waals surface area contributed by atoms with Crippen molar-refractivity contribution in [3.8, 4) is 23.0 Å². The molecule has 0 heterocycles. The van der Waals surface area contributed by atoms with Gasteiger partial charge in [-0.25, -0.2) is 0 Å². The van der Waals surface area contributed by atoms with Gasteiger partial charge in [-0.3, -0.25) is 0 Å². The summed E-state index contributed by atoms with van der Waals surface area (Å²) in [5.74, 6) is 3.14. The van der Waals surface area contributed by atoms with Crippen LogP contribution in [0.2, 0.25) is 0 Å². The van der Waals surface area contributed by atoms with Crippen LogP contribution in [-0.4, -0.2) is 6.61 Å². The Morgan fingerprint density at radius 3 is 1.39 bits per heavy atom. The topological polar surface area (TPSA) is 27.7 Å². The normalized spacial score (nSPS) is 11.2. The van der Waals surface area contributed by atoms with Crippen LogP contribution < -0.4 is 9.47 Å². The average Bonchev–Trinajstić information content (AvgIpc) is 2.81. The van der Waals surface area contributed by atoms with E-state index >= 15 is 0 Å². The van der Waals surface area contributed by atoms with Gasteiger partial charge >= 0.3 is 0 Å². The second-order valence-corrected chi connectivity index (χ2v) is 7.35. The Balaban J connectivity index is 1.66. The second-order valence-electron chi connectivity index (χ2n) is 7.35. The van der Waals surface area contributed by atoms with Crippen LogP contribution >= 0.6 is 0 Å². The van der Waals surface area contributed by atoms with Crippen molar-refractivity contribution in [1.82, 2.24) is 0 Å². The molecule has 0 saturated carbocycles. The fraction of sp³-hybridized carbons (Fsp3) is 0.143. The number of benzene rings is 4. The molecular formula is C28H26O3. The van der Waals surface area contributed by atoms with Gasteiger partial charge in [0.15, 0.2) is 0 Å². The Labute approximate surface area is 183 Å². The summed E-state index contributed by atoms with van der Waals surface area (Å²) in [6, 6.07) is 35.7. The van der Waals surface area contributed by atoms with E-state index in [0.717, 1.165) is 34.1 Å². The quantitative estimate of drug-likeness (QED) is 0.300. The molecule has 0 aliphatic rings. The molecule has 0 bridgehead atoms. The number of para-hydroxylation sites is 2. The predicted molar refractivity (Wildman–Crippen MR) is 124 cm³/mol. The van der Waals surface area contributed by atoms with Gasteiger partial charge in [-0.05, 0) is 73.5 Å². The third kappa shape index (κ3) is 4.96. The maximum Gasteiger partial charge on any atom is 0.127 e. The van der Waals surface area contributed by atoms with Crippen LogP contribution in [0, 0.1) is 0 Å². The van der Waals surface area contributed by atoms with Crippen molar-refractivity contribution in [1.29, 1.82) is 0 Å². The van der Waals surface area contributed by atoms with Crippen molar-refractivity contribution in [2.24, 2.45) is 0 Å². The van der Waals surface area contributed by atoms with Crippen LogP contribution in [0.1, 0.15) is 25.0 Å². The minimum absolute atomic E-state index is 0.573. The van der Waals surface area contributed by atoms with Gasteiger partial charge in [0.05, 0.1) is 0 Å². The minimum Gasteiger partial charge on any atom is -0.457 e. The van der Waals surface area contributed by atoms with Gasteiger partial charge in [-0.1, -0.05) is 60.7 Å². The summed E-state index contributed by atoms with van der Waals surface area (Å²) < 4.78 is 18.4. The molecule has 0 spiro atoms. The third-order valence-corrected chi connectivity index (χ3v) is 5.16. The van der Waals surface area contributed by atoms with Crippen LogP contribution in [0.5, 0.6) is 23.0 Å². The molecule has 0 aliphatic carbocycles. The molecule has 4 rings (SSSR count). The van der Waals surface area contributed by atoms with Crippen molar-refractivity contribution in [3.63, 3.8) is 0 Å². The fourth-order valence-electron chi connectivity index (χ4n) is 3.58. The first kappa shape index (κ1) is 20.7. The first-order valence-electron chi connectivity index (χ1n) is 10.5. The van der Waals surface area contributed by atoms with Gasteiger partial charge in [0, 0.05) is 6.61 Å². The zero-order valence-corrected chi connectivity index (χ0v) is 17.8. The maximum atomic E-state index is 6.30. The summed E-state index contributed by atoms with van der Waals surface area (Å²) in [6.07, 6.45) is 0. The highest BCUT2D eigenvalue weighted by Gasteiger charge is 2.30. The number of rotatable bonds is 8. The molecule has 3 nitrogen and oxygen atoms in total. The molecule has 0 aliphatic heterocycles. The summed E-state index contributed by atoms with van der Waals surface area (Å²) in [4.78, 5) is 0. The Hall–Kier alpha value is -3.56. The lowest BCUT2D eigenvalue weighted by Crippen LogP contribution is -2.27. The minimum atomic E-state index is -0.652. The molecule has 0 amide bonds. The predicted octanol–water partition coefficient (Wildman–Crippen LogP) is 7.57. The molecule has 4 aromatic rings. The second kappa shape index (κ2) is 9.50. The van der Waals surface area contributed by atoms with Crippen LogP contribution in [0.3, 0.4) is 0 Å². The van der Waals surface area contributed by atoms with Gasteiger partial charge in [0.1, 0.15) is 28.6 Å². The van der Waals surface area contributed by atoms with E-state index in [2.05, 4.69) is 19.1 Å². The molecular weight excluding hydrogens is 384 g/mol. The lowest BCUT2D eigenvalue weighted by atomic mass is 9.87. The summed E-state index contributed by atoms with van der Waals surface area (Å²) >= 11 is 0. The van der Waals surface area contributed by atoms with Crippen molar-refractivity contribution in [2.75, 3.05) is 6.61 Å². The van der Waals surface area contributed by atoms with E-state index < -0.39 is 5.60 Å². The van der Waals surface area contributed by atoms with E-state index in [1.807, 2.05) is 104 Å². The largest absolute Gasteiger partial charge is 0.457 e. The molecule has 0 atom stereocenters. The fourth-order valence-corrected chi connectivity index (χ4v) is 3.58. The van der Waals surface area contributed by atoms with Gasteiger partial charge in [0.25, 0.3) is 0 Å². The lowest BCUT2D eigenvalue weighted by Gasteiger charge is -2.31. The van der Waals surface area contributed by atoms with Crippen molar-refractivity contribution >= 4 is 0 Å². The van der Waals surface area contributed by atoms with Crippen molar-refractivity contribution < 1.29 is 14.2 Å². The Morgan fingerprint density at radius 1 is 0.548 bits per heavy atom. The zero-order valence-electron chi connectivity index (χ0n) is 17.8. The van der Waals surface area contributed by atoms with Crippen LogP contribution in [0.15, 0.2) is 109 Å². The van der Waals surface area contributed by atoms with E-state index in [4.69, 9.17) is 14.2 Å². The monoisotopic (exact) mass is 410 g/mol. The van der Waals surface area contributed by atoms with Crippen LogP contribution in [0.25, 0.3) is 0 Å². The Morgan fingerprint density at radius 2 is 0.968 bits per heavy atom. The molecule has 156 valence electrons. The molecule has 0 saturated heterocycles. The Bertz CT molecular complexity index is 1020. The average molecular weight is 411 g/mol. The highest BCUT2D eigenvalue weighted by Crippen LogP contribution is 2.37. The van der Waals surface area contributed by atoms with Gasteiger partial charge in [-0.2, -0.15) is 0 Å². The molecule has 0 unspecified atom stereocenters. The zero-order chi connectivity index (χ0) is 21.5. The molecule has 0 fully saturated rings. The SMILES string of the molecule is CCOC(C)(c1cccc(Oc2ccccc2)c1)c1cccc(Oc2ccccc2)c1. The molecule has 4 aromatic carbocycles. The standard InChI is InChI=1S/C28H26O3/c1-3-29-28(2,22-12-10-18-26(20-22)30-24-14-6-4-7-15-24)23-13-11-19-27(21-23)31-25-16-8-5-9-17-25/h4-21H,3H2,1-2H3. The first-order valence-corrected chi connectivity index (χ1v) is 10.5. The molecule has 0 N–H and O–H groups in total. The van der Waals surface area contributed by atoms with Crippen LogP contribution in [-0.2, 0) is 10.3 Å². The summed E-state index contributed by atoms with van der Waals surface area (Å²) in [5.41, 5.74) is 1.38. The van der Waals surface area contributed by atoms with E-state index in [0.29, 0.717) is 6.61 Å². The van der Waals surface area contributed by atoms with Crippen molar-refractivity contribution in [3.05, 3.63) is 120 Å². The first-order chi connectivity index (χ1) is 15.2. The van der Waals surface area contributed by atoms with Crippen molar-refractivity contribution in [2.45, 2.75) is 19.4 Å². The van der Waals surface area contributed by atoms with E-state index in [9.17, 15) is 0 Å². The smallest absolute Gasteiger partial charge is 0.127 e. The maximum absolute atomic E-state index is 6.30. The van der Waals surface area contributed by atoms with E-state index in [1.54, 1.807) is 0 Å². The summed E-state index contributed by atoms with van der Waals surface area (Å²) in [7, 11) is 0. The molecule has 3 heteroatoms. The van der Waals surface area contributed by atoms with E-state index in [-0.39, 0.29) is 0 Å². The van der Waals surface area contributed by atoms with Crippen LogP contribution in [0.4, 0.5) is 0 Å². The third-order valence-electron chi connectivity index (χ3n) is 5.16. The summed E-state index contributed by atoms with van der Waals surface area (Å²) in [5, 5.41) is 0. The van der Waals surface area contributed by atoms with E-state index in [1.165, 1.54) is 0 Å². The number of hydrogen-bond donors (Lipinski definition) is 0. The summed E-state index contributed by atoms with van der Waals surface area (Å²) in [6.45, 7) is 4.66.